The van der Waals surface area contributed by atoms with E-state index in [1.165, 1.54) is 0 Å². The average molecular weight is 189 g/mol. The quantitative estimate of drug-likeness (QED) is 0.722. The van der Waals surface area contributed by atoms with Gasteiger partial charge in [-0.05, 0) is 13.8 Å². The molecule has 14 heavy (non-hydrogen) atoms. The molecule has 0 radical (unpaired) electrons. The van der Waals surface area contributed by atoms with Crippen molar-refractivity contribution in [2.24, 2.45) is 0 Å². The van der Waals surface area contributed by atoms with Crippen LogP contribution in [0, 0.1) is 13.8 Å². The highest BCUT2D eigenvalue weighted by Gasteiger charge is 2.02. The van der Waals surface area contributed by atoms with Crippen LogP contribution in [0.15, 0.2) is 18.6 Å². The van der Waals surface area contributed by atoms with Crippen molar-refractivity contribution < 1.29 is 0 Å². The van der Waals surface area contributed by atoms with Gasteiger partial charge in [0.25, 0.3) is 0 Å². The summed E-state index contributed by atoms with van der Waals surface area (Å²) < 4.78 is 1.67. The molecule has 0 unspecified atom stereocenters. The molecule has 0 saturated heterocycles. The van der Waals surface area contributed by atoms with Gasteiger partial charge in [-0.15, -0.1) is 0 Å². The molecule has 2 rings (SSSR count). The van der Waals surface area contributed by atoms with Crippen molar-refractivity contribution in [3.8, 4) is 5.69 Å². The van der Waals surface area contributed by atoms with E-state index < -0.39 is 0 Å². The third-order valence-electron chi connectivity index (χ3n) is 1.97. The summed E-state index contributed by atoms with van der Waals surface area (Å²) in [5, 5.41) is 4.12. The minimum Gasteiger partial charge on any atom is -0.382 e. The maximum absolute atomic E-state index is 5.64. The SMILES string of the molecule is Cc1ncc(-n2cc(C)c(N)n2)cn1. The molecule has 0 spiro atoms. The van der Waals surface area contributed by atoms with Gasteiger partial charge in [-0.1, -0.05) is 0 Å². The molecular formula is C9H11N5. The summed E-state index contributed by atoms with van der Waals surface area (Å²) >= 11 is 0. The maximum Gasteiger partial charge on any atom is 0.148 e. The predicted octanol–water partition coefficient (Wildman–Crippen LogP) is 0.861. The second kappa shape index (κ2) is 3.10. The summed E-state index contributed by atoms with van der Waals surface area (Å²) in [5.41, 5.74) is 7.40. The van der Waals surface area contributed by atoms with Crippen LogP contribution in [-0.4, -0.2) is 19.7 Å². The van der Waals surface area contributed by atoms with Gasteiger partial charge in [0.05, 0.1) is 12.4 Å². The normalized spacial score (nSPS) is 10.4. The van der Waals surface area contributed by atoms with Gasteiger partial charge in [-0.25, -0.2) is 14.6 Å². The summed E-state index contributed by atoms with van der Waals surface area (Å²) in [6.07, 6.45) is 5.28. The molecule has 0 bridgehead atoms. The summed E-state index contributed by atoms with van der Waals surface area (Å²) in [6.45, 7) is 3.75. The van der Waals surface area contributed by atoms with Crippen molar-refractivity contribution in [2.75, 3.05) is 5.73 Å². The standard InChI is InChI=1S/C9H11N5/c1-6-5-14(13-9(6)10)8-3-11-7(2)12-4-8/h3-5H,1-2H3,(H2,10,13). The van der Waals surface area contributed by atoms with Gasteiger partial charge in [-0.2, -0.15) is 5.10 Å². The van der Waals surface area contributed by atoms with E-state index in [1.54, 1.807) is 17.1 Å². The van der Waals surface area contributed by atoms with Gasteiger partial charge in [0.15, 0.2) is 0 Å². The number of hydrogen-bond donors (Lipinski definition) is 1. The topological polar surface area (TPSA) is 69.6 Å². The van der Waals surface area contributed by atoms with Crippen LogP contribution in [0.3, 0.4) is 0 Å². The fourth-order valence-corrected chi connectivity index (χ4v) is 1.11. The molecule has 0 aliphatic rings. The average Bonchev–Trinajstić information content (AvgIpc) is 2.48. The van der Waals surface area contributed by atoms with Gasteiger partial charge < -0.3 is 5.73 Å². The number of anilines is 1. The summed E-state index contributed by atoms with van der Waals surface area (Å²) in [7, 11) is 0. The van der Waals surface area contributed by atoms with Gasteiger partial charge in [-0.3, -0.25) is 0 Å². The zero-order valence-corrected chi connectivity index (χ0v) is 8.10. The highest BCUT2D eigenvalue weighted by atomic mass is 15.3. The Morgan fingerprint density at radius 3 is 2.36 bits per heavy atom. The molecule has 0 saturated carbocycles. The second-order valence-electron chi connectivity index (χ2n) is 3.13. The number of rotatable bonds is 1. The van der Waals surface area contributed by atoms with Crippen molar-refractivity contribution in [3.63, 3.8) is 0 Å². The van der Waals surface area contributed by atoms with Crippen molar-refractivity contribution in [2.45, 2.75) is 13.8 Å². The highest BCUT2D eigenvalue weighted by molar-refractivity contribution is 5.39. The summed E-state index contributed by atoms with van der Waals surface area (Å²) in [5.74, 6) is 1.27. The number of hydrogen-bond acceptors (Lipinski definition) is 4. The number of nitrogens with two attached hydrogens (primary N) is 1. The van der Waals surface area contributed by atoms with E-state index in [4.69, 9.17) is 5.73 Å². The lowest BCUT2D eigenvalue weighted by atomic mass is 10.4. The van der Waals surface area contributed by atoms with E-state index in [0.717, 1.165) is 17.1 Å². The zero-order valence-electron chi connectivity index (χ0n) is 8.10. The Bertz CT molecular complexity index is 423. The Balaban J connectivity index is 2.44. The van der Waals surface area contributed by atoms with Crippen LogP contribution < -0.4 is 5.73 Å². The third kappa shape index (κ3) is 1.44. The minimum absolute atomic E-state index is 0.533. The van der Waals surface area contributed by atoms with E-state index >= 15 is 0 Å². The molecule has 2 aromatic rings. The maximum atomic E-state index is 5.64. The molecule has 2 N–H and O–H groups in total. The lowest BCUT2D eigenvalue weighted by Gasteiger charge is -1.98. The number of aryl methyl sites for hydroxylation is 2. The molecule has 0 atom stereocenters. The Kier molecular flexibility index (Phi) is 1.92. The third-order valence-corrected chi connectivity index (χ3v) is 1.97. The fraction of sp³-hybridized carbons (Fsp3) is 0.222. The predicted molar refractivity (Wildman–Crippen MR) is 53.0 cm³/mol. The molecule has 2 aromatic heterocycles. The Morgan fingerprint density at radius 2 is 1.86 bits per heavy atom. The van der Waals surface area contributed by atoms with E-state index in [9.17, 15) is 0 Å². The van der Waals surface area contributed by atoms with Crippen LogP contribution >= 0.6 is 0 Å². The van der Waals surface area contributed by atoms with Crippen LogP contribution in [0.5, 0.6) is 0 Å². The lowest BCUT2D eigenvalue weighted by molar-refractivity contribution is 0.860. The van der Waals surface area contributed by atoms with Crippen molar-refractivity contribution in [1.82, 2.24) is 19.7 Å². The largest absolute Gasteiger partial charge is 0.382 e. The molecule has 0 aromatic carbocycles. The Morgan fingerprint density at radius 1 is 1.21 bits per heavy atom. The van der Waals surface area contributed by atoms with Crippen molar-refractivity contribution in [1.29, 1.82) is 0 Å². The smallest absolute Gasteiger partial charge is 0.148 e. The van der Waals surface area contributed by atoms with Crippen LogP contribution in [0.25, 0.3) is 5.69 Å². The van der Waals surface area contributed by atoms with E-state index in [0.29, 0.717) is 5.82 Å². The van der Waals surface area contributed by atoms with Crippen molar-refractivity contribution >= 4 is 5.82 Å². The monoisotopic (exact) mass is 189 g/mol. The molecule has 0 aliphatic carbocycles. The summed E-state index contributed by atoms with van der Waals surface area (Å²) in [6, 6.07) is 0. The first-order chi connectivity index (χ1) is 6.66. The van der Waals surface area contributed by atoms with Crippen LogP contribution in [-0.2, 0) is 0 Å². The minimum atomic E-state index is 0.533. The molecular weight excluding hydrogens is 178 g/mol. The highest BCUT2D eigenvalue weighted by Crippen LogP contribution is 2.10. The Hall–Kier alpha value is -1.91. The van der Waals surface area contributed by atoms with Crippen molar-refractivity contribution in [3.05, 3.63) is 30.0 Å². The molecule has 2 heterocycles. The number of nitrogens with zero attached hydrogens (tertiary/aromatic N) is 4. The number of nitrogen functional groups attached to an aromatic ring is 1. The Labute approximate surface area is 81.6 Å². The lowest BCUT2D eigenvalue weighted by Crippen LogP contribution is -1.98. The second-order valence-corrected chi connectivity index (χ2v) is 3.13. The molecule has 0 aliphatic heterocycles. The first kappa shape index (κ1) is 8.68. The fourth-order valence-electron chi connectivity index (χ4n) is 1.11. The first-order valence-corrected chi connectivity index (χ1v) is 4.27. The van der Waals surface area contributed by atoms with Crippen LogP contribution in [0.4, 0.5) is 5.82 Å². The molecule has 0 amide bonds. The molecule has 5 nitrogen and oxygen atoms in total. The number of aromatic nitrogens is 4. The van der Waals surface area contributed by atoms with E-state index in [2.05, 4.69) is 15.1 Å². The van der Waals surface area contributed by atoms with Crippen LogP contribution in [0.1, 0.15) is 11.4 Å². The molecule has 0 fully saturated rings. The molecule has 5 heteroatoms. The van der Waals surface area contributed by atoms with Gasteiger partial charge in [0.2, 0.25) is 0 Å². The van der Waals surface area contributed by atoms with Crippen LogP contribution in [0.2, 0.25) is 0 Å². The van der Waals surface area contributed by atoms with E-state index in [-0.39, 0.29) is 0 Å². The summed E-state index contributed by atoms with van der Waals surface area (Å²) in [4.78, 5) is 8.16. The molecule has 72 valence electrons. The van der Waals surface area contributed by atoms with E-state index in [1.807, 2.05) is 20.0 Å². The van der Waals surface area contributed by atoms with Gasteiger partial charge in [0.1, 0.15) is 17.3 Å². The zero-order chi connectivity index (χ0) is 10.1. The first-order valence-electron chi connectivity index (χ1n) is 4.27. The van der Waals surface area contributed by atoms with Gasteiger partial charge in [0, 0.05) is 11.8 Å². The van der Waals surface area contributed by atoms with Gasteiger partial charge >= 0.3 is 0 Å².